The van der Waals surface area contributed by atoms with Crippen LogP contribution in [0.4, 0.5) is 27.6 Å². The van der Waals surface area contributed by atoms with Crippen LogP contribution in [0, 0.1) is 41.4 Å². The number of terminal acetylenes is 1. The summed E-state index contributed by atoms with van der Waals surface area (Å²) in [4.78, 5) is 13.5. The molecule has 0 unspecified atom stereocenters. The molecule has 8 heteroatoms. The van der Waals surface area contributed by atoms with Gasteiger partial charge in [-0.15, -0.1) is 6.42 Å². The van der Waals surface area contributed by atoms with Crippen LogP contribution in [-0.4, -0.2) is 18.1 Å². The average Bonchev–Trinajstić information content (AvgIpc) is 2.64. The van der Waals surface area contributed by atoms with E-state index >= 15 is 0 Å². The Hall–Kier alpha value is -3.08. The molecule has 2 aromatic rings. The molecule has 0 radical (unpaired) electrons. The Labute approximate surface area is 151 Å². The second-order valence-corrected chi connectivity index (χ2v) is 6.35. The molecule has 1 aliphatic rings. The maximum absolute atomic E-state index is 14.1. The summed E-state index contributed by atoms with van der Waals surface area (Å²) in [5.74, 6) is -8.23. The monoisotopic (exact) mass is 381 g/mol. The molecule has 0 aliphatic carbocycles. The van der Waals surface area contributed by atoms with Gasteiger partial charge in [-0.1, -0.05) is 12.0 Å². The van der Waals surface area contributed by atoms with Crippen LogP contribution >= 0.6 is 0 Å². The topological polar surface area (TPSA) is 29.5 Å². The van der Waals surface area contributed by atoms with Crippen molar-refractivity contribution in [2.75, 3.05) is 11.5 Å². The molecule has 27 heavy (non-hydrogen) atoms. The van der Waals surface area contributed by atoms with Crippen molar-refractivity contribution in [1.29, 1.82) is 0 Å². The van der Waals surface area contributed by atoms with Gasteiger partial charge >= 0.3 is 0 Å². The van der Waals surface area contributed by atoms with Crippen molar-refractivity contribution >= 4 is 11.6 Å². The quantitative estimate of drug-likeness (QED) is 0.338. The molecular formula is C19H12F5NO2. The van der Waals surface area contributed by atoms with E-state index in [9.17, 15) is 26.7 Å². The number of hydrogen-bond donors (Lipinski definition) is 0. The van der Waals surface area contributed by atoms with E-state index in [0.29, 0.717) is 0 Å². The van der Waals surface area contributed by atoms with Crippen LogP contribution in [0.25, 0.3) is 11.1 Å². The second-order valence-electron chi connectivity index (χ2n) is 6.35. The number of benzene rings is 2. The molecule has 0 saturated heterocycles. The number of carbonyl (C=O) groups is 1. The fraction of sp³-hybridized carbons (Fsp3) is 0.211. The summed E-state index contributed by atoms with van der Waals surface area (Å²) in [6.45, 7) is 2.82. The van der Waals surface area contributed by atoms with Gasteiger partial charge in [-0.2, -0.15) is 0 Å². The lowest BCUT2D eigenvalue weighted by Crippen LogP contribution is -2.51. The minimum Gasteiger partial charge on any atom is -0.482 e. The fourth-order valence-electron chi connectivity index (χ4n) is 2.84. The number of fused-ring (bicyclic) bond motifs is 1. The van der Waals surface area contributed by atoms with Crippen LogP contribution in [-0.2, 0) is 4.79 Å². The number of halogens is 5. The van der Waals surface area contributed by atoms with Crippen molar-refractivity contribution in [3.8, 4) is 29.2 Å². The number of ether oxygens (including phenoxy) is 1. The van der Waals surface area contributed by atoms with E-state index in [4.69, 9.17) is 11.2 Å². The molecule has 0 bridgehead atoms. The van der Waals surface area contributed by atoms with Gasteiger partial charge in [-0.25, -0.2) is 22.0 Å². The van der Waals surface area contributed by atoms with Crippen LogP contribution in [0.5, 0.6) is 5.75 Å². The fourth-order valence-corrected chi connectivity index (χ4v) is 2.84. The van der Waals surface area contributed by atoms with E-state index in [-0.39, 0.29) is 23.6 Å². The largest absolute Gasteiger partial charge is 0.482 e. The maximum Gasteiger partial charge on any atom is 0.266 e. The van der Waals surface area contributed by atoms with Gasteiger partial charge in [0.1, 0.15) is 11.3 Å². The van der Waals surface area contributed by atoms with E-state index < -0.39 is 46.1 Å². The van der Waals surface area contributed by atoms with Gasteiger partial charge < -0.3 is 4.74 Å². The lowest BCUT2D eigenvalue weighted by Gasteiger charge is -2.38. The minimum atomic E-state index is -2.25. The predicted molar refractivity (Wildman–Crippen MR) is 87.6 cm³/mol. The van der Waals surface area contributed by atoms with Gasteiger partial charge in [0.2, 0.25) is 5.82 Å². The molecule has 0 saturated carbocycles. The number of nitrogens with zero attached hydrogens (tertiary/aromatic N) is 1. The second kappa shape index (κ2) is 6.27. The Balaban J connectivity index is 2.27. The lowest BCUT2D eigenvalue weighted by atomic mass is 9.98. The Bertz CT molecular complexity index is 981. The Morgan fingerprint density at radius 1 is 1.04 bits per heavy atom. The highest BCUT2D eigenvalue weighted by Gasteiger charge is 2.36. The third-order valence-corrected chi connectivity index (χ3v) is 4.21. The number of anilines is 1. The minimum absolute atomic E-state index is 0.0654. The van der Waals surface area contributed by atoms with Crippen molar-refractivity contribution < 1.29 is 31.5 Å². The molecular weight excluding hydrogens is 369 g/mol. The summed E-state index contributed by atoms with van der Waals surface area (Å²) in [5, 5.41) is 0. The molecule has 0 N–H and O–H groups in total. The molecule has 3 rings (SSSR count). The molecule has 1 amide bonds. The number of carbonyl (C=O) groups excluding carboxylic acids is 1. The van der Waals surface area contributed by atoms with Crippen molar-refractivity contribution in [3.63, 3.8) is 0 Å². The van der Waals surface area contributed by atoms with Gasteiger partial charge in [-0.05, 0) is 31.5 Å². The van der Waals surface area contributed by atoms with Gasteiger partial charge in [0.05, 0.1) is 11.3 Å². The number of hydrogen-bond acceptors (Lipinski definition) is 2. The predicted octanol–water partition coefficient (Wildman–Crippen LogP) is 4.19. The Morgan fingerprint density at radius 2 is 1.59 bits per heavy atom. The summed E-state index contributed by atoms with van der Waals surface area (Å²) in [5.41, 5.74) is -2.48. The third-order valence-electron chi connectivity index (χ3n) is 4.21. The zero-order valence-electron chi connectivity index (χ0n) is 14.2. The lowest BCUT2D eigenvalue weighted by molar-refractivity contribution is -0.122. The average molecular weight is 381 g/mol. The third kappa shape index (κ3) is 2.79. The zero-order valence-corrected chi connectivity index (χ0v) is 14.2. The van der Waals surface area contributed by atoms with Crippen LogP contribution in [0.1, 0.15) is 13.8 Å². The van der Waals surface area contributed by atoms with Gasteiger partial charge in [0.15, 0.2) is 29.9 Å². The SMILES string of the molecule is C#CC(C)(C)N1C(=O)COc2ccc(-c3c(F)c(F)c(F)c(F)c3F)cc21. The molecule has 1 heterocycles. The van der Waals surface area contributed by atoms with Gasteiger partial charge in [0.25, 0.3) is 5.91 Å². The molecule has 2 aromatic carbocycles. The number of amides is 1. The summed E-state index contributed by atoms with van der Waals surface area (Å²) in [7, 11) is 0. The van der Waals surface area contributed by atoms with E-state index in [2.05, 4.69) is 5.92 Å². The summed E-state index contributed by atoms with van der Waals surface area (Å²) < 4.78 is 73.9. The molecule has 3 nitrogen and oxygen atoms in total. The number of rotatable bonds is 2. The van der Waals surface area contributed by atoms with Crippen molar-refractivity contribution in [2.45, 2.75) is 19.4 Å². The molecule has 0 atom stereocenters. The molecule has 0 fully saturated rings. The zero-order chi connectivity index (χ0) is 20.1. The van der Waals surface area contributed by atoms with Gasteiger partial charge in [0, 0.05) is 0 Å². The Kier molecular flexibility index (Phi) is 4.34. The first-order valence-electron chi connectivity index (χ1n) is 7.69. The highest BCUT2D eigenvalue weighted by atomic mass is 19.2. The standard InChI is InChI=1S/C19H12F5NO2/c1-4-19(2,3)25-10-7-9(5-6-11(10)27-8-12(25)26)13-14(20)16(22)18(24)17(23)15(13)21/h1,5-7H,8H2,2-3H3. The van der Waals surface area contributed by atoms with Crippen LogP contribution in [0.2, 0.25) is 0 Å². The van der Waals surface area contributed by atoms with Crippen LogP contribution in [0.3, 0.4) is 0 Å². The van der Waals surface area contributed by atoms with Crippen molar-refractivity contribution in [2.24, 2.45) is 0 Å². The highest BCUT2D eigenvalue weighted by Crippen LogP contribution is 2.41. The van der Waals surface area contributed by atoms with E-state index in [1.165, 1.54) is 11.0 Å². The van der Waals surface area contributed by atoms with Crippen molar-refractivity contribution in [1.82, 2.24) is 0 Å². The summed E-state index contributed by atoms with van der Waals surface area (Å²) >= 11 is 0. The van der Waals surface area contributed by atoms with E-state index in [0.717, 1.165) is 12.1 Å². The van der Waals surface area contributed by atoms with E-state index in [1.54, 1.807) is 13.8 Å². The first kappa shape index (κ1) is 18.7. The van der Waals surface area contributed by atoms with E-state index in [1.807, 2.05) is 0 Å². The maximum atomic E-state index is 14.1. The first-order chi connectivity index (χ1) is 12.6. The molecule has 1 aliphatic heterocycles. The summed E-state index contributed by atoms with van der Waals surface area (Å²) in [6.07, 6.45) is 5.46. The molecule has 0 aromatic heterocycles. The van der Waals surface area contributed by atoms with Crippen LogP contribution in [0.15, 0.2) is 18.2 Å². The molecule has 0 spiro atoms. The molecule has 140 valence electrons. The first-order valence-corrected chi connectivity index (χ1v) is 7.69. The smallest absolute Gasteiger partial charge is 0.266 e. The van der Waals surface area contributed by atoms with Crippen LogP contribution < -0.4 is 9.64 Å². The Morgan fingerprint density at radius 3 is 2.15 bits per heavy atom. The summed E-state index contributed by atoms with van der Waals surface area (Å²) in [6, 6.07) is 3.51. The highest BCUT2D eigenvalue weighted by molar-refractivity contribution is 6.00. The normalized spacial score (nSPS) is 13.9. The van der Waals surface area contributed by atoms with Crippen molar-refractivity contribution in [3.05, 3.63) is 47.3 Å². The van der Waals surface area contributed by atoms with Gasteiger partial charge in [-0.3, -0.25) is 9.69 Å².